The number of carboxylic acid groups (broad SMARTS) is 1. The Morgan fingerprint density at radius 3 is 2.55 bits per heavy atom. The molecule has 6 nitrogen and oxygen atoms in total. The van der Waals surface area contributed by atoms with E-state index in [9.17, 15) is 26.8 Å². The molecule has 1 amide bonds. The highest BCUT2D eigenvalue weighted by Crippen LogP contribution is 2.31. The number of carbonyl (C=O) groups excluding carboxylic acids is 1. The summed E-state index contributed by atoms with van der Waals surface area (Å²) >= 11 is 0.748. The molecule has 2 rings (SSSR count). The highest BCUT2D eigenvalue weighted by molar-refractivity contribution is 7.92. The molecule has 0 aromatic carbocycles. The lowest BCUT2D eigenvalue weighted by atomic mass is 9.99. The fourth-order valence-corrected chi connectivity index (χ4v) is 4.50. The van der Waals surface area contributed by atoms with E-state index in [2.05, 4.69) is 0 Å². The smallest absolute Gasteiger partial charge is 0.341 e. The Kier molecular flexibility index (Phi) is 4.52. The van der Waals surface area contributed by atoms with Gasteiger partial charge in [-0.3, -0.25) is 9.59 Å². The van der Waals surface area contributed by atoms with E-state index in [1.165, 1.54) is 10.3 Å². The molecule has 1 aliphatic rings. The fraction of sp³-hybridized carbons (Fsp3) is 0.500. The second-order valence-corrected chi connectivity index (χ2v) is 7.85. The Balaban J connectivity index is 2.30. The van der Waals surface area contributed by atoms with Crippen LogP contribution >= 0.6 is 11.3 Å². The van der Waals surface area contributed by atoms with Crippen molar-refractivity contribution in [3.63, 3.8) is 0 Å². The maximum Gasteiger partial charge on any atom is 0.341 e. The third kappa shape index (κ3) is 2.84. The number of thiophene rings is 1. The molecule has 1 aromatic rings. The zero-order valence-electron chi connectivity index (χ0n) is 11.4. The largest absolute Gasteiger partial charge is 0.481 e. The second-order valence-electron chi connectivity index (χ2n) is 5.05. The number of carbonyl (C=O) groups is 2. The van der Waals surface area contributed by atoms with Crippen LogP contribution in [0.2, 0.25) is 0 Å². The molecule has 0 saturated carbocycles. The zero-order chi connectivity index (χ0) is 16.7. The summed E-state index contributed by atoms with van der Waals surface area (Å²) in [6, 6.07) is 0.966. The van der Waals surface area contributed by atoms with Crippen LogP contribution in [0.15, 0.2) is 16.3 Å². The third-order valence-corrected chi connectivity index (χ3v) is 6.04. The molecular formula is C12H13F2NO5S2. The number of likely N-dealkylation sites (tertiary alicyclic amines) is 1. The maximum absolute atomic E-state index is 12.6. The molecular weight excluding hydrogens is 340 g/mol. The quantitative estimate of drug-likeness (QED) is 0.886. The first-order valence-corrected chi connectivity index (χ1v) is 8.70. The fourth-order valence-electron chi connectivity index (χ4n) is 2.37. The van der Waals surface area contributed by atoms with E-state index < -0.39 is 38.3 Å². The van der Waals surface area contributed by atoms with E-state index in [-0.39, 0.29) is 23.9 Å². The van der Waals surface area contributed by atoms with Crippen LogP contribution in [0.4, 0.5) is 8.78 Å². The molecule has 1 fully saturated rings. The maximum atomic E-state index is 12.6. The minimum atomic E-state index is -4.87. The highest BCUT2D eigenvalue weighted by atomic mass is 32.2. The van der Waals surface area contributed by atoms with Gasteiger partial charge < -0.3 is 10.0 Å². The number of rotatable bonds is 4. The molecule has 0 bridgehead atoms. The van der Waals surface area contributed by atoms with Gasteiger partial charge in [0.2, 0.25) is 9.84 Å². The first kappa shape index (κ1) is 16.8. The van der Waals surface area contributed by atoms with Gasteiger partial charge >= 0.3 is 11.7 Å². The van der Waals surface area contributed by atoms with E-state index in [0.717, 1.165) is 17.4 Å². The van der Waals surface area contributed by atoms with Gasteiger partial charge in [0.25, 0.3) is 5.91 Å². The molecule has 2 atom stereocenters. The van der Waals surface area contributed by atoms with Gasteiger partial charge in [0.1, 0.15) is 4.88 Å². The van der Waals surface area contributed by atoms with Gasteiger partial charge in [0.15, 0.2) is 0 Å². The number of hydrogen-bond acceptors (Lipinski definition) is 5. The average molecular weight is 353 g/mol. The average Bonchev–Trinajstić information content (AvgIpc) is 3.04. The number of amides is 1. The third-order valence-electron chi connectivity index (χ3n) is 3.58. The molecule has 22 heavy (non-hydrogen) atoms. The Labute approximate surface area is 129 Å². The van der Waals surface area contributed by atoms with E-state index >= 15 is 0 Å². The summed E-state index contributed by atoms with van der Waals surface area (Å²) < 4.78 is 48.4. The monoisotopic (exact) mass is 353 g/mol. The van der Waals surface area contributed by atoms with Crippen LogP contribution in [-0.4, -0.2) is 49.1 Å². The molecule has 1 aliphatic heterocycles. The molecule has 0 aliphatic carbocycles. The van der Waals surface area contributed by atoms with Gasteiger partial charge in [-0.1, -0.05) is 6.92 Å². The normalized spacial score (nSPS) is 22.3. The predicted octanol–water partition coefficient (Wildman–Crippen LogP) is 1.54. The SMILES string of the molecule is C[C@@H]1CN(C(=O)c2sccc2S(=O)(=O)C(F)F)C[C@H]1C(=O)O. The van der Waals surface area contributed by atoms with Crippen molar-refractivity contribution >= 4 is 33.1 Å². The molecule has 122 valence electrons. The first-order valence-electron chi connectivity index (χ1n) is 6.28. The molecule has 0 unspecified atom stereocenters. The summed E-state index contributed by atoms with van der Waals surface area (Å²) in [7, 11) is -4.87. The van der Waals surface area contributed by atoms with E-state index in [1.54, 1.807) is 6.92 Å². The first-order chi connectivity index (χ1) is 10.2. The van der Waals surface area contributed by atoms with Crippen LogP contribution < -0.4 is 0 Å². The number of alkyl halides is 2. The van der Waals surface area contributed by atoms with Crippen molar-refractivity contribution in [1.82, 2.24) is 4.90 Å². The van der Waals surface area contributed by atoms with Gasteiger partial charge in [0.05, 0.1) is 10.8 Å². The van der Waals surface area contributed by atoms with Crippen molar-refractivity contribution in [2.45, 2.75) is 17.6 Å². The molecule has 1 N–H and O–H groups in total. The van der Waals surface area contributed by atoms with Crippen molar-refractivity contribution in [1.29, 1.82) is 0 Å². The number of halogens is 2. The van der Waals surface area contributed by atoms with Gasteiger partial charge in [-0.2, -0.15) is 8.78 Å². The minimum Gasteiger partial charge on any atom is -0.481 e. The van der Waals surface area contributed by atoms with Crippen molar-refractivity contribution in [2.75, 3.05) is 13.1 Å². The molecule has 1 aromatic heterocycles. The second kappa shape index (κ2) is 5.92. The van der Waals surface area contributed by atoms with Crippen LogP contribution in [0, 0.1) is 11.8 Å². The van der Waals surface area contributed by atoms with Gasteiger partial charge in [0, 0.05) is 13.1 Å². The van der Waals surface area contributed by atoms with Crippen LogP contribution in [0.3, 0.4) is 0 Å². The van der Waals surface area contributed by atoms with Crippen LogP contribution in [0.1, 0.15) is 16.6 Å². The summed E-state index contributed by atoms with van der Waals surface area (Å²) in [5, 5.41) is 10.3. The van der Waals surface area contributed by atoms with E-state index in [4.69, 9.17) is 5.11 Å². The summed E-state index contributed by atoms with van der Waals surface area (Å²) in [5.41, 5.74) is 0. The minimum absolute atomic E-state index is 0.0681. The molecule has 1 saturated heterocycles. The molecule has 0 radical (unpaired) electrons. The molecule has 10 heteroatoms. The Bertz CT molecular complexity index is 700. The molecule has 2 heterocycles. The summed E-state index contributed by atoms with van der Waals surface area (Å²) in [6.07, 6.45) is 0. The summed E-state index contributed by atoms with van der Waals surface area (Å²) in [6.45, 7) is 1.74. The topological polar surface area (TPSA) is 91.8 Å². The predicted molar refractivity (Wildman–Crippen MR) is 73.7 cm³/mol. The standard InChI is InChI=1S/C12H13F2NO5S2/c1-6-4-15(5-7(6)11(17)18)10(16)9-8(2-3-21-9)22(19,20)12(13)14/h2-3,6-7,12H,4-5H2,1H3,(H,17,18)/t6-,7-/m1/s1. The van der Waals surface area contributed by atoms with Crippen molar-refractivity contribution in [3.05, 3.63) is 16.3 Å². The van der Waals surface area contributed by atoms with E-state index in [0.29, 0.717) is 0 Å². The van der Waals surface area contributed by atoms with Crippen molar-refractivity contribution in [3.8, 4) is 0 Å². The summed E-state index contributed by atoms with van der Waals surface area (Å²) in [5.74, 6) is -6.44. The van der Waals surface area contributed by atoms with Crippen molar-refractivity contribution in [2.24, 2.45) is 11.8 Å². The Morgan fingerprint density at radius 2 is 2.05 bits per heavy atom. The van der Waals surface area contributed by atoms with Crippen LogP contribution in [-0.2, 0) is 14.6 Å². The lowest BCUT2D eigenvalue weighted by Crippen LogP contribution is -2.30. The number of carboxylic acids is 1. The number of hydrogen-bond donors (Lipinski definition) is 1. The Morgan fingerprint density at radius 1 is 1.41 bits per heavy atom. The Hall–Kier alpha value is -1.55. The zero-order valence-corrected chi connectivity index (χ0v) is 13.0. The van der Waals surface area contributed by atoms with Crippen LogP contribution in [0.25, 0.3) is 0 Å². The highest BCUT2D eigenvalue weighted by Gasteiger charge is 2.40. The van der Waals surface area contributed by atoms with Gasteiger partial charge in [-0.25, -0.2) is 8.42 Å². The van der Waals surface area contributed by atoms with E-state index in [1.807, 2.05) is 0 Å². The van der Waals surface area contributed by atoms with Crippen LogP contribution in [0.5, 0.6) is 0 Å². The van der Waals surface area contributed by atoms with Gasteiger partial charge in [-0.15, -0.1) is 11.3 Å². The van der Waals surface area contributed by atoms with Gasteiger partial charge in [-0.05, 0) is 17.4 Å². The summed E-state index contributed by atoms with van der Waals surface area (Å²) in [4.78, 5) is 23.6. The lowest BCUT2D eigenvalue weighted by molar-refractivity contribution is -0.142. The lowest BCUT2D eigenvalue weighted by Gasteiger charge is -2.16. The molecule has 0 spiro atoms. The number of sulfone groups is 1. The number of nitrogens with zero attached hydrogens (tertiary/aromatic N) is 1. The number of aliphatic carboxylic acids is 1. The van der Waals surface area contributed by atoms with Crippen molar-refractivity contribution < 1.29 is 31.9 Å².